The van der Waals surface area contributed by atoms with E-state index in [4.69, 9.17) is 16.3 Å². The molecular formula is C30H35ClN2O5S. The maximum absolute atomic E-state index is 13.0. The number of fused-ring (bicyclic) bond motifs is 4. The van der Waals surface area contributed by atoms with E-state index >= 15 is 0 Å². The number of rotatable bonds is 0. The minimum atomic E-state index is -3.86. The van der Waals surface area contributed by atoms with E-state index < -0.39 is 22.0 Å². The summed E-state index contributed by atoms with van der Waals surface area (Å²) < 4.78 is 33.8. The quantitative estimate of drug-likeness (QED) is 0.449. The molecule has 4 atom stereocenters. The molecule has 1 saturated carbocycles. The Bertz CT molecular complexity index is 1410. The van der Waals surface area contributed by atoms with Gasteiger partial charge in [0.1, 0.15) is 5.75 Å². The Morgan fingerprint density at radius 3 is 2.77 bits per heavy atom. The lowest BCUT2D eigenvalue weighted by molar-refractivity contribution is 0.0800. The molecule has 7 nitrogen and oxygen atoms in total. The van der Waals surface area contributed by atoms with Gasteiger partial charge in [0, 0.05) is 29.1 Å². The average molecular weight is 571 g/mol. The molecule has 9 heteroatoms. The zero-order valence-corrected chi connectivity index (χ0v) is 23.5. The monoisotopic (exact) mass is 570 g/mol. The number of aryl methyl sites for hydroxylation is 1. The van der Waals surface area contributed by atoms with Crippen LogP contribution in [0.2, 0.25) is 5.02 Å². The number of hydrogen-bond acceptors (Lipinski definition) is 6. The van der Waals surface area contributed by atoms with Crippen LogP contribution in [-0.2, 0) is 21.9 Å². The largest absolute Gasteiger partial charge is 0.490 e. The Hall–Kier alpha value is -2.55. The minimum absolute atomic E-state index is 0.229. The number of sulfonamides is 1. The van der Waals surface area contributed by atoms with Crippen molar-refractivity contribution < 1.29 is 23.1 Å². The topological polar surface area (TPSA) is 95.9 Å². The van der Waals surface area contributed by atoms with E-state index in [-0.39, 0.29) is 16.7 Å². The number of halogens is 1. The summed E-state index contributed by atoms with van der Waals surface area (Å²) in [5.74, 6) is 0.552. The SMILES string of the molecule is O=C1NS(=O)(=O)C/C=C\C[C@@H](O)C[C@@H]2CC[C@H]2CN2C[C@@]3(CCCc4cc(Cl)ccc43)COc3ccc1cc32. The molecule has 2 heterocycles. The molecule has 2 aliphatic heterocycles. The van der Waals surface area contributed by atoms with Gasteiger partial charge in [-0.25, -0.2) is 13.1 Å². The number of nitrogens with zero attached hydrogens (tertiary/aromatic N) is 1. The van der Waals surface area contributed by atoms with Gasteiger partial charge in [-0.15, -0.1) is 0 Å². The van der Waals surface area contributed by atoms with Crippen LogP contribution in [0.3, 0.4) is 0 Å². The number of aliphatic hydroxyl groups is 1. The Kier molecular flexibility index (Phi) is 7.14. The fraction of sp³-hybridized carbons (Fsp3) is 0.500. The molecule has 39 heavy (non-hydrogen) atoms. The Balaban J connectivity index is 1.41. The summed E-state index contributed by atoms with van der Waals surface area (Å²) in [6.45, 7) is 2.04. The molecule has 0 aromatic heterocycles. The highest BCUT2D eigenvalue weighted by Gasteiger charge is 2.43. The molecule has 2 aliphatic carbocycles. The highest BCUT2D eigenvalue weighted by Crippen LogP contribution is 2.46. The Morgan fingerprint density at radius 1 is 1.10 bits per heavy atom. The summed E-state index contributed by atoms with van der Waals surface area (Å²) in [7, 11) is -3.86. The molecule has 0 unspecified atom stereocenters. The first-order chi connectivity index (χ1) is 18.7. The van der Waals surface area contributed by atoms with Gasteiger partial charge in [-0.05, 0) is 98.2 Å². The second kappa shape index (κ2) is 10.5. The number of amides is 1. The van der Waals surface area contributed by atoms with E-state index in [2.05, 4.69) is 21.8 Å². The number of benzene rings is 2. The first kappa shape index (κ1) is 26.7. The first-order valence-corrected chi connectivity index (χ1v) is 15.9. The Labute approximate surface area is 235 Å². The highest BCUT2D eigenvalue weighted by atomic mass is 35.5. The van der Waals surface area contributed by atoms with Crippen molar-refractivity contribution in [2.75, 3.05) is 30.3 Å². The summed E-state index contributed by atoms with van der Waals surface area (Å²) in [5, 5.41) is 11.4. The predicted octanol–water partition coefficient (Wildman–Crippen LogP) is 4.61. The number of carbonyl (C=O) groups excluding carboxylic acids is 1. The fourth-order valence-electron chi connectivity index (χ4n) is 6.86. The molecule has 2 N–H and O–H groups in total. The molecular weight excluding hydrogens is 536 g/mol. The lowest BCUT2D eigenvalue weighted by Gasteiger charge is -2.45. The van der Waals surface area contributed by atoms with Crippen molar-refractivity contribution in [3.8, 4) is 5.75 Å². The van der Waals surface area contributed by atoms with Gasteiger partial charge in [-0.2, -0.15) is 0 Å². The number of anilines is 1. The van der Waals surface area contributed by atoms with Gasteiger partial charge in [0.25, 0.3) is 5.91 Å². The van der Waals surface area contributed by atoms with Crippen LogP contribution in [0.1, 0.15) is 60.0 Å². The first-order valence-electron chi connectivity index (χ1n) is 13.9. The molecule has 1 spiro atoms. The van der Waals surface area contributed by atoms with Crippen LogP contribution in [0.5, 0.6) is 5.75 Å². The van der Waals surface area contributed by atoms with E-state index in [1.807, 2.05) is 6.07 Å². The van der Waals surface area contributed by atoms with Gasteiger partial charge >= 0.3 is 0 Å². The van der Waals surface area contributed by atoms with Gasteiger partial charge < -0.3 is 14.7 Å². The number of nitrogens with one attached hydrogen (secondary N) is 1. The van der Waals surface area contributed by atoms with Gasteiger partial charge in [0.05, 0.1) is 24.2 Å². The van der Waals surface area contributed by atoms with Crippen LogP contribution in [0, 0.1) is 11.8 Å². The molecule has 2 aromatic rings. The van der Waals surface area contributed by atoms with Crippen molar-refractivity contribution in [1.82, 2.24) is 4.72 Å². The predicted molar refractivity (Wildman–Crippen MR) is 152 cm³/mol. The molecule has 2 bridgehead atoms. The maximum Gasteiger partial charge on any atom is 0.264 e. The van der Waals surface area contributed by atoms with Crippen molar-refractivity contribution in [2.24, 2.45) is 11.8 Å². The molecule has 1 amide bonds. The van der Waals surface area contributed by atoms with Crippen LogP contribution in [0.15, 0.2) is 48.6 Å². The summed E-state index contributed by atoms with van der Waals surface area (Å²) >= 11 is 6.36. The summed E-state index contributed by atoms with van der Waals surface area (Å²) in [6.07, 6.45) is 8.96. The van der Waals surface area contributed by atoms with Crippen LogP contribution in [-0.4, -0.2) is 51.0 Å². The van der Waals surface area contributed by atoms with Gasteiger partial charge in [-0.3, -0.25) is 4.79 Å². The van der Waals surface area contributed by atoms with Crippen LogP contribution < -0.4 is 14.4 Å². The second-order valence-corrected chi connectivity index (χ2v) is 13.9. The standard InChI is InChI=1S/C30H35ClN2O5S/c31-24-9-10-26-21(14-24)4-3-12-30(26)18-33-17-23-7-6-20(23)15-25(34)5-1-2-13-39(36,37)32-29(35)22-8-11-28(38-19-30)27(33)16-22/h1-2,8-11,14,16,20,23,25,34H,3-7,12-13,15,17-19H2,(H,32,35)/b2-1-/t20-,23-,25+,30-/m0/s1. The summed E-state index contributed by atoms with van der Waals surface area (Å²) in [6, 6.07) is 11.4. The van der Waals surface area contributed by atoms with Crippen LogP contribution >= 0.6 is 11.6 Å². The molecule has 1 fully saturated rings. The van der Waals surface area contributed by atoms with Crippen molar-refractivity contribution >= 4 is 33.2 Å². The van der Waals surface area contributed by atoms with Crippen LogP contribution in [0.25, 0.3) is 0 Å². The highest BCUT2D eigenvalue weighted by molar-refractivity contribution is 7.90. The second-order valence-electron chi connectivity index (χ2n) is 11.7. The zero-order valence-electron chi connectivity index (χ0n) is 21.9. The van der Waals surface area contributed by atoms with E-state index in [0.717, 1.165) is 55.9 Å². The summed E-state index contributed by atoms with van der Waals surface area (Å²) in [4.78, 5) is 15.4. The fourth-order valence-corrected chi connectivity index (χ4v) is 7.93. The molecule has 2 aromatic carbocycles. The van der Waals surface area contributed by atoms with Crippen LogP contribution in [0.4, 0.5) is 5.69 Å². The third kappa shape index (κ3) is 5.43. The Morgan fingerprint density at radius 2 is 1.95 bits per heavy atom. The molecule has 6 rings (SSSR count). The van der Waals surface area contributed by atoms with Gasteiger partial charge in [0.15, 0.2) is 0 Å². The van der Waals surface area contributed by atoms with E-state index in [1.54, 1.807) is 24.3 Å². The third-order valence-electron chi connectivity index (χ3n) is 9.04. The van der Waals surface area contributed by atoms with Crippen molar-refractivity contribution in [3.05, 3.63) is 70.3 Å². The number of hydrogen-bond donors (Lipinski definition) is 2. The minimum Gasteiger partial charge on any atom is -0.490 e. The smallest absolute Gasteiger partial charge is 0.264 e. The van der Waals surface area contributed by atoms with E-state index in [9.17, 15) is 18.3 Å². The average Bonchev–Trinajstić information content (AvgIpc) is 3.04. The lowest BCUT2D eigenvalue weighted by atomic mass is 9.68. The third-order valence-corrected chi connectivity index (χ3v) is 10.4. The number of aliphatic hydroxyl groups excluding tert-OH is 1. The van der Waals surface area contributed by atoms with Gasteiger partial charge in [-0.1, -0.05) is 29.8 Å². The maximum atomic E-state index is 13.0. The molecule has 4 aliphatic rings. The van der Waals surface area contributed by atoms with E-state index in [1.165, 1.54) is 17.2 Å². The molecule has 208 valence electrons. The normalized spacial score (nSPS) is 31.1. The summed E-state index contributed by atoms with van der Waals surface area (Å²) in [5.41, 5.74) is 3.41. The number of ether oxygens (including phenoxy) is 1. The van der Waals surface area contributed by atoms with Gasteiger partial charge in [0.2, 0.25) is 10.0 Å². The van der Waals surface area contributed by atoms with E-state index in [0.29, 0.717) is 37.0 Å². The molecule has 0 saturated heterocycles. The van der Waals surface area contributed by atoms with Crippen molar-refractivity contribution in [2.45, 2.75) is 56.5 Å². The molecule has 0 radical (unpaired) electrons. The zero-order chi connectivity index (χ0) is 27.2. The van der Waals surface area contributed by atoms with Crippen molar-refractivity contribution in [3.63, 3.8) is 0 Å². The lowest BCUT2D eigenvalue weighted by Crippen LogP contribution is -2.48. The van der Waals surface area contributed by atoms with Crippen molar-refractivity contribution in [1.29, 1.82) is 0 Å². The number of carbonyl (C=O) groups is 1.